The third kappa shape index (κ3) is 3.54. The third-order valence-electron chi connectivity index (χ3n) is 3.61. The number of piperidine rings is 1. The molecule has 0 bridgehead atoms. The molecule has 1 N–H and O–H groups in total. The lowest BCUT2D eigenvalue weighted by molar-refractivity contribution is -0.130. The summed E-state index contributed by atoms with van der Waals surface area (Å²) in [6.07, 6.45) is 3.91. The van der Waals surface area contributed by atoms with Gasteiger partial charge in [-0.05, 0) is 18.9 Å². The molecule has 1 saturated heterocycles. The number of likely N-dealkylation sites (N-methyl/N-ethyl adjacent to an activating group) is 1. The molecule has 0 radical (unpaired) electrons. The van der Waals surface area contributed by atoms with Gasteiger partial charge in [-0.15, -0.1) is 0 Å². The second kappa shape index (κ2) is 6.16. The maximum absolute atomic E-state index is 11.6. The van der Waals surface area contributed by atoms with E-state index in [-0.39, 0.29) is 12.5 Å². The Hall–Kier alpha value is -1.40. The number of nitrogens with zero attached hydrogens (tertiary/aromatic N) is 4. The van der Waals surface area contributed by atoms with Crippen LogP contribution in [0.25, 0.3) is 0 Å². The Kier molecular flexibility index (Phi) is 4.55. The molecule has 1 aliphatic heterocycles. The minimum absolute atomic E-state index is 0.0107. The predicted molar refractivity (Wildman–Crippen MR) is 71.6 cm³/mol. The van der Waals surface area contributed by atoms with E-state index in [1.54, 1.807) is 19.0 Å². The van der Waals surface area contributed by atoms with E-state index in [2.05, 4.69) is 10.00 Å². The van der Waals surface area contributed by atoms with E-state index < -0.39 is 0 Å². The lowest BCUT2D eigenvalue weighted by atomic mass is 10.1. The quantitative estimate of drug-likeness (QED) is 0.839. The molecule has 0 atom stereocenters. The monoisotopic (exact) mass is 266 g/mol. The standard InChI is InChI=1S/C13H22N4O2/c1-15(2)13(19)9-16-6-4-12(5-7-16)17-8-3-11(10-18)14-17/h3,8,12,18H,4-7,9-10H2,1-2H3. The average Bonchev–Trinajstić information content (AvgIpc) is 2.88. The van der Waals surface area contributed by atoms with E-state index in [1.807, 2.05) is 16.9 Å². The van der Waals surface area contributed by atoms with Gasteiger partial charge < -0.3 is 10.0 Å². The van der Waals surface area contributed by atoms with Crippen LogP contribution in [0.5, 0.6) is 0 Å². The summed E-state index contributed by atoms with van der Waals surface area (Å²) in [5, 5.41) is 13.4. The van der Waals surface area contributed by atoms with Gasteiger partial charge >= 0.3 is 0 Å². The zero-order valence-electron chi connectivity index (χ0n) is 11.6. The number of aromatic nitrogens is 2. The van der Waals surface area contributed by atoms with Crippen molar-refractivity contribution >= 4 is 5.91 Å². The Morgan fingerprint density at radius 2 is 2.16 bits per heavy atom. The van der Waals surface area contributed by atoms with Gasteiger partial charge in [-0.2, -0.15) is 5.10 Å². The van der Waals surface area contributed by atoms with Crippen molar-refractivity contribution in [2.75, 3.05) is 33.7 Å². The first-order valence-corrected chi connectivity index (χ1v) is 6.67. The number of carbonyl (C=O) groups excluding carboxylic acids is 1. The Morgan fingerprint density at radius 1 is 1.47 bits per heavy atom. The summed E-state index contributed by atoms with van der Waals surface area (Å²) in [5.41, 5.74) is 0.713. The van der Waals surface area contributed by atoms with Crippen LogP contribution >= 0.6 is 0 Å². The van der Waals surface area contributed by atoms with Gasteiger partial charge in [0.25, 0.3) is 0 Å². The molecule has 1 amide bonds. The number of hydrogen-bond acceptors (Lipinski definition) is 4. The largest absolute Gasteiger partial charge is 0.390 e. The van der Waals surface area contributed by atoms with Gasteiger partial charge in [-0.1, -0.05) is 0 Å². The fraction of sp³-hybridized carbons (Fsp3) is 0.692. The molecule has 2 rings (SSSR count). The topological polar surface area (TPSA) is 61.6 Å². The molecule has 1 fully saturated rings. The number of likely N-dealkylation sites (tertiary alicyclic amines) is 1. The Bertz CT molecular complexity index is 422. The van der Waals surface area contributed by atoms with Crippen molar-refractivity contribution in [1.29, 1.82) is 0 Å². The molecule has 6 nitrogen and oxygen atoms in total. The number of aliphatic hydroxyl groups excluding tert-OH is 1. The molecule has 0 saturated carbocycles. The molecule has 106 valence electrons. The number of hydrogen-bond donors (Lipinski definition) is 1. The summed E-state index contributed by atoms with van der Waals surface area (Å²) in [6.45, 7) is 2.32. The van der Waals surface area contributed by atoms with Crippen LogP contribution in [-0.4, -0.2) is 64.3 Å². The van der Waals surface area contributed by atoms with E-state index in [1.165, 1.54) is 0 Å². The lowest BCUT2D eigenvalue weighted by Gasteiger charge is -2.32. The number of carbonyl (C=O) groups is 1. The summed E-state index contributed by atoms with van der Waals surface area (Å²) >= 11 is 0. The van der Waals surface area contributed by atoms with E-state index >= 15 is 0 Å². The van der Waals surface area contributed by atoms with Crippen molar-refractivity contribution in [3.63, 3.8) is 0 Å². The highest BCUT2D eigenvalue weighted by molar-refractivity contribution is 5.77. The SMILES string of the molecule is CN(C)C(=O)CN1CCC(n2ccc(CO)n2)CC1. The van der Waals surface area contributed by atoms with Crippen molar-refractivity contribution in [2.24, 2.45) is 0 Å². The maximum Gasteiger partial charge on any atom is 0.236 e. The molecule has 0 aromatic carbocycles. The van der Waals surface area contributed by atoms with E-state index in [0.717, 1.165) is 25.9 Å². The summed E-state index contributed by atoms with van der Waals surface area (Å²) < 4.78 is 1.94. The van der Waals surface area contributed by atoms with Gasteiger partial charge in [0.05, 0.1) is 24.9 Å². The van der Waals surface area contributed by atoms with Crippen LogP contribution in [0, 0.1) is 0 Å². The first-order valence-electron chi connectivity index (χ1n) is 6.67. The van der Waals surface area contributed by atoms with Gasteiger partial charge in [0, 0.05) is 33.4 Å². The molecule has 1 aromatic rings. The minimum atomic E-state index is -0.0107. The van der Waals surface area contributed by atoms with Crippen LogP contribution in [0.2, 0.25) is 0 Å². The van der Waals surface area contributed by atoms with Crippen molar-refractivity contribution in [3.05, 3.63) is 18.0 Å². The first-order chi connectivity index (χ1) is 9.10. The Balaban J connectivity index is 1.83. The summed E-state index contributed by atoms with van der Waals surface area (Å²) in [5.74, 6) is 0.153. The zero-order chi connectivity index (χ0) is 13.8. The Morgan fingerprint density at radius 3 is 2.68 bits per heavy atom. The smallest absolute Gasteiger partial charge is 0.236 e. The van der Waals surface area contributed by atoms with Crippen molar-refractivity contribution in [1.82, 2.24) is 19.6 Å². The second-order valence-corrected chi connectivity index (χ2v) is 5.24. The van der Waals surface area contributed by atoms with Crippen LogP contribution in [0.4, 0.5) is 0 Å². The van der Waals surface area contributed by atoms with Crippen LogP contribution < -0.4 is 0 Å². The molecule has 0 spiro atoms. The predicted octanol–water partition coefficient (Wildman–Crippen LogP) is 0.100. The molecule has 1 aliphatic rings. The molecule has 6 heteroatoms. The molecule has 2 heterocycles. The average molecular weight is 266 g/mol. The second-order valence-electron chi connectivity index (χ2n) is 5.24. The number of rotatable bonds is 4. The molecular weight excluding hydrogens is 244 g/mol. The summed E-state index contributed by atoms with van der Waals surface area (Å²) in [4.78, 5) is 15.5. The normalized spacial score (nSPS) is 17.6. The van der Waals surface area contributed by atoms with Crippen LogP contribution in [0.1, 0.15) is 24.6 Å². The van der Waals surface area contributed by atoms with Crippen LogP contribution in [0.15, 0.2) is 12.3 Å². The van der Waals surface area contributed by atoms with Gasteiger partial charge in [0.1, 0.15) is 0 Å². The molecule has 0 unspecified atom stereocenters. The minimum Gasteiger partial charge on any atom is -0.390 e. The van der Waals surface area contributed by atoms with Crippen molar-refractivity contribution in [3.8, 4) is 0 Å². The lowest BCUT2D eigenvalue weighted by Crippen LogP contribution is -2.41. The highest BCUT2D eigenvalue weighted by atomic mass is 16.3. The molecular formula is C13H22N4O2. The van der Waals surface area contributed by atoms with Crippen molar-refractivity contribution < 1.29 is 9.90 Å². The van der Waals surface area contributed by atoms with Gasteiger partial charge in [0.2, 0.25) is 5.91 Å². The van der Waals surface area contributed by atoms with Gasteiger partial charge in [-0.25, -0.2) is 0 Å². The summed E-state index contributed by atoms with van der Waals surface area (Å²) in [6, 6.07) is 2.23. The first kappa shape index (κ1) is 14.0. The van der Waals surface area contributed by atoms with Gasteiger partial charge in [-0.3, -0.25) is 14.4 Å². The van der Waals surface area contributed by atoms with Crippen LogP contribution in [-0.2, 0) is 11.4 Å². The number of aliphatic hydroxyl groups is 1. The summed E-state index contributed by atoms with van der Waals surface area (Å²) in [7, 11) is 3.57. The number of amides is 1. The third-order valence-corrected chi connectivity index (χ3v) is 3.61. The van der Waals surface area contributed by atoms with E-state index in [9.17, 15) is 4.79 Å². The fourth-order valence-electron chi connectivity index (χ4n) is 2.34. The Labute approximate surface area is 113 Å². The highest BCUT2D eigenvalue weighted by Gasteiger charge is 2.22. The highest BCUT2D eigenvalue weighted by Crippen LogP contribution is 2.21. The van der Waals surface area contributed by atoms with Crippen LogP contribution in [0.3, 0.4) is 0 Å². The maximum atomic E-state index is 11.6. The molecule has 1 aromatic heterocycles. The van der Waals surface area contributed by atoms with Gasteiger partial charge in [0.15, 0.2) is 0 Å². The van der Waals surface area contributed by atoms with E-state index in [0.29, 0.717) is 18.3 Å². The zero-order valence-corrected chi connectivity index (χ0v) is 11.6. The fourth-order valence-corrected chi connectivity index (χ4v) is 2.34. The molecule has 0 aliphatic carbocycles. The molecule has 19 heavy (non-hydrogen) atoms. The van der Waals surface area contributed by atoms with E-state index in [4.69, 9.17) is 5.11 Å². The van der Waals surface area contributed by atoms with Crippen molar-refractivity contribution in [2.45, 2.75) is 25.5 Å².